The zero-order chi connectivity index (χ0) is 16.0. The fourth-order valence-electron chi connectivity index (χ4n) is 3.42. The molecule has 23 heavy (non-hydrogen) atoms. The third-order valence-corrected chi connectivity index (χ3v) is 4.62. The quantitative estimate of drug-likeness (QED) is 0.771. The number of hydrogen-bond donors (Lipinski definition) is 2. The second-order valence-electron chi connectivity index (χ2n) is 6.14. The second-order valence-corrected chi connectivity index (χ2v) is 6.14. The molecule has 2 N–H and O–H groups in total. The third kappa shape index (κ3) is 2.20. The molecule has 0 bridgehead atoms. The number of likely N-dealkylation sites (N-methyl/N-ethyl adjacent to an activating group) is 1. The summed E-state index contributed by atoms with van der Waals surface area (Å²) >= 11 is 0. The minimum absolute atomic E-state index is 0.0118. The van der Waals surface area contributed by atoms with Gasteiger partial charge in [0.15, 0.2) is 0 Å². The third-order valence-electron chi connectivity index (χ3n) is 4.62. The van der Waals surface area contributed by atoms with E-state index in [1.807, 2.05) is 19.2 Å². The van der Waals surface area contributed by atoms with Crippen molar-refractivity contribution in [1.82, 2.24) is 5.32 Å². The van der Waals surface area contributed by atoms with E-state index in [4.69, 9.17) is 0 Å². The van der Waals surface area contributed by atoms with E-state index in [9.17, 15) is 4.79 Å². The molecular weight excluding hydrogens is 285 g/mol. The molecule has 2 aromatic rings. The van der Waals surface area contributed by atoms with Crippen LogP contribution in [0.15, 0.2) is 59.8 Å². The molecule has 2 aliphatic rings. The minimum Gasteiger partial charge on any atom is -0.361 e. The molecule has 0 aromatic heterocycles. The van der Waals surface area contributed by atoms with Gasteiger partial charge in [-0.1, -0.05) is 41.9 Å². The van der Waals surface area contributed by atoms with E-state index >= 15 is 0 Å². The van der Waals surface area contributed by atoms with Crippen LogP contribution in [0.1, 0.15) is 11.6 Å². The number of nitrogens with one attached hydrogen (secondary N) is 2. The van der Waals surface area contributed by atoms with Crippen molar-refractivity contribution >= 4 is 30.6 Å². The van der Waals surface area contributed by atoms with Gasteiger partial charge in [-0.15, -0.1) is 0 Å². The summed E-state index contributed by atoms with van der Waals surface area (Å²) in [6.07, 6.45) is 0. The Morgan fingerprint density at radius 1 is 1.13 bits per heavy atom. The zero-order valence-electron chi connectivity index (χ0n) is 13.3. The van der Waals surface area contributed by atoms with E-state index in [0.717, 1.165) is 28.2 Å². The Morgan fingerprint density at radius 3 is 2.65 bits per heavy atom. The van der Waals surface area contributed by atoms with Crippen molar-refractivity contribution in [2.45, 2.75) is 6.04 Å². The highest BCUT2D eigenvalue weighted by molar-refractivity contribution is 6.32. The van der Waals surface area contributed by atoms with Gasteiger partial charge >= 0.3 is 0 Å². The Morgan fingerprint density at radius 2 is 1.87 bits per heavy atom. The van der Waals surface area contributed by atoms with Crippen LogP contribution in [0.25, 0.3) is 0 Å². The first-order valence-electron chi connectivity index (χ1n) is 7.82. The lowest BCUT2D eigenvalue weighted by Gasteiger charge is -2.30. The summed E-state index contributed by atoms with van der Waals surface area (Å²) in [4.78, 5) is 14.7. The highest BCUT2D eigenvalue weighted by Crippen LogP contribution is 2.41. The molecule has 0 saturated heterocycles. The van der Waals surface area contributed by atoms with E-state index in [0.29, 0.717) is 6.54 Å². The normalized spacial score (nSPS) is 19.6. The van der Waals surface area contributed by atoms with Gasteiger partial charge < -0.3 is 15.5 Å². The number of benzene rings is 2. The van der Waals surface area contributed by atoms with E-state index in [1.54, 1.807) is 0 Å². The van der Waals surface area contributed by atoms with Gasteiger partial charge in [0.05, 0.1) is 29.5 Å². The molecule has 1 unspecified atom stereocenters. The van der Waals surface area contributed by atoms with Crippen LogP contribution in [0.3, 0.4) is 0 Å². The van der Waals surface area contributed by atoms with Crippen molar-refractivity contribution in [3.05, 3.63) is 65.4 Å². The maximum absolute atomic E-state index is 12.5. The number of fused-ring (bicyclic) bond motifs is 1. The molecule has 114 valence electrons. The number of rotatable bonds is 1. The lowest BCUT2D eigenvalue weighted by molar-refractivity contribution is -0.116. The van der Waals surface area contributed by atoms with E-state index in [-0.39, 0.29) is 11.9 Å². The highest BCUT2D eigenvalue weighted by Gasteiger charge is 2.36. The molecule has 2 aromatic carbocycles. The summed E-state index contributed by atoms with van der Waals surface area (Å²) in [7, 11) is 4.12. The lowest BCUT2D eigenvalue weighted by Crippen LogP contribution is -2.30. The molecule has 1 amide bonds. The van der Waals surface area contributed by atoms with Gasteiger partial charge in [-0.25, -0.2) is 0 Å². The fourth-order valence-corrected chi connectivity index (χ4v) is 3.42. The first kappa shape index (κ1) is 13.9. The topological polar surface area (TPSA) is 44.4 Å². The summed E-state index contributed by atoms with van der Waals surface area (Å²) < 4.78 is 0. The van der Waals surface area contributed by atoms with Crippen LogP contribution in [-0.2, 0) is 4.79 Å². The Labute approximate surface area is 136 Å². The number of carbonyl (C=O) groups is 1. The monoisotopic (exact) mass is 303 g/mol. The number of para-hydroxylation sites is 2. The van der Waals surface area contributed by atoms with Crippen LogP contribution < -0.4 is 21.0 Å². The largest absolute Gasteiger partial charge is 0.361 e. The summed E-state index contributed by atoms with van der Waals surface area (Å²) in [5.74, 6) is 0.0118. The van der Waals surface area contributed by atoms with E-state index in [2.05, 4.69) is 59.8 Å². The standard InChI is InChI=1S/C18H18BN3O/c1-22-15-5-3-2-4-13(15)21-14-10-20-18(23)16(14)17(22)11-6-8-12(19)9-7-11/h2-9,17,21H,10,19H2,1H3,(H,20,23). The van der Waals surface area contributed by atoms with Gasteiger partial charge in [-0.3, -0.25) is 4.79 Å². The summed E-state index contributed by atoms with van der Waals surface area (Å²) in [6, 6.07) is 16.5. The maximum atomic E-state index is 12.5. The van der Waals surface area contributed by atoms with Gasteiger partial charge in [0.2, 0.25) is 0 Å². The van der Waals surface area contributed by atoms with Gasteiger partial charge in [-0.05, 0) is 17.7 Å². The predicted molar refractivity (Wildman–Crippen MR) is 95.9 cm³/mol. The molecule has 0 saturated carbocycles. The second kappa shape index (κ2) is 5.20. The van der Waals surface area contributed by atoms with Gasteiger partial charge in [-0.2, -0.15) is 0 Å². The fraction of sp³-hybridized carbons (Fsp3) is 0.167. The lowest BCUT2D eigenvalue weighted by atomic mass is 9.91. The van der Waals surface area contributed by atoms with Gasteiger partial charge in [0.25, 0.3) is 5.91 Å². The van der Waals surface area contributed by atoms with Crippen LogP contribution in [0, 0.1) is 0 Å². The molecular formula is C18H18BN3O. The Bertz CT molecular complexity index is 813. The average Bonchev–Trinajstić information content (AvgIpc) is 2.85. The molecule has 5 heteroatoms. The van der Waals surface area contributed by atoms with Crippen molar-refractivity contribution in [3.8, 4) is 0 Å². The number of carbonyl (C=O) groups excluding carboxylic acids is 1. The van der Waals surface area contributed by atoms with Gasteiger partial charge in [0, 0.05) is 12.7 Å². The number of hydrogen-bond acceptors (Lipinski definition) is 3. The number of anilines is 2. The number of nitrogens with zero attached hydrogens (tertiary/aromatic N) is 1. The first-order valence-corrected chi connectivity index (χ1v) is 7.82. The Hall–Kier alpha value is -2.69. The molecule has 0 radical (unpaired) electrons. The molecule has 1 atom stereocenters. The van der Waals surface area contributed by atoms with Crippen LogP contribution in [-0.4, -0.2) is 27.3 Å². The summed E-state index contributed by atoms with van der Waals surface area (Å²) in [5, 5.41) is 6.40. The van der Waals surface area contributed by atoms with Crippen LogP contribution >= 0.6 is 0 Å². The summed E-state index contributed by atoms with van der Waals surface area (Å²) in [5.41, 5.74) is 6.26. The smallest absolute Gasteiger partial charge is 0.251 e. The molecule has 0 fully saturated rings. The predicted octanol–water partition coefficient (Wildman–Crippen LogP) is 0.932. The SMILES string of the molecule is Bc1ccc(C2C3=C(CNC3=O)Nc3ccccc3N2C)cc1. The Balaban J connectivity index is 1.91. The molecule has 0 aliphatic carbocycles. The van der Waals surface area contributed by atoms with E-state index < -0.39 is 0 Å². The van der Waals surface area contributed by atoms with Crippen LogP contribution in [0.2, 0.25) is 0 Å². The molecule has 2 heterocycles. The highest BCUT2D eigenvalue weighted by atomic mass is 16.2. The van der Waals surface area contributed by atoms with Crippen molar-refractivity contribution in [3.63, 3.8) is 0 Å². The summed E-state index contributed by atoms with van der Waals surface area (Å²) in [6.45, 7) is 0.554. The molecule has 2 aliphatic heterocycles. The average molecular weight is 303 g/mol. The van der Waals surface area contributed by atoms with Crippen molar-refractivity contribution in [2.24, 2.45) is 0 Å². The van der Waals surface area contributed by atoms with Crippen molar-refractivity contribution < 1.29 is 4.79 Å². The van der Waals surface area contributed by atoms with Gasteiger partial charge in [0.1, 0.15) is 7.85 Å². The minimum atomic E-state index is -0.0933. The van der Waals surface area contributed by atoms with Crippen molar-refractivity contribution in [1.29, 1.82) is 0 Å². The first-order chi connectivity index (χ1) is 11.1. The Kier molecular flexibility index (Phi) is 3.15. The van der Waals surface area contributed by atoms with E-state index in [1.165, 1.54) is 5.46 Å². The van der Waals surface area contributed by atoms with Crippen LogP contribution in [0.4, 0.5) is 11.4 Å². The molecule has 0 spiro atoms. The molecule has 4 nitrogen and oxygen atoms in total. The maximum Gasteiger partial charge on any atom is 0.251 e. The van der Waals surface area contributed by atoms with Crippen LogP contribution in [0.5, 0.6) is 0 Å². The van der Waals surface area contributed by atoms with Crippen molar-refractivity contribution in [2.75, 3.05) is 23.8 Å². The molecule has 4 rings (SSSR count). The zero-order valence-corrected chi connectivity index (χ0v) is 13.3. The number of amides is 1.